The van der Waals surface area contributed by atoms with Gasteiger partial charge in [0.15, 0.2) is 5.16 Å². The topological polar surface area (TPSA) is 64.4 Å². The maximum atomic E-state index is 13.2. The molecule has 7 heteroatoms. The number of likely N-dealkylation sites (tertiary alicyclic amines) is 1. The van der Waals surface area contributed by atoms with Gasteiger partial charge in [-0.15, -0.1) is 0 Å². The number of fused-ring (bicyclic) bond motifs is 1. The second-order valence-corrected chi connectivity index (χ2v) is 9.27. The Morgan fingerprint density at radius 3 is 2.69 bits per heavy atom. The summed E-state index contributed by atoms with van der Waals surface area (Å²) in [7, 11) is 0. The smallest absolute Gasteiger partial charge is 0.262 e. The predicted molar refractivity (Wildman–Crippen MR) is 115 cm³/mol. The van der Waals surface area contributed by atoms with Gasteiger partial charge in [0.2, 0.25) is 5.91 Å². The molecule has 0 bridgehead atoms. The lowest BCUT2D eigenvalue weighted by atomic mass is 10.2. The van der Waals surface area contributed by atoms with Crippen molar-refractivity contribution < 1.29 is 9.53 Å². The fourth-order valence-corrected chi connectivity index (χ4v) is 5.15. The van der Waals surface area contributed by atoms with E-state index >= 15 is 0 Å². The zero-order chi connectivity index (χ0) is 20.2. The molecule has 0 unspecified atom stereocenters. The second-order valence-electron chi connectivity index (χ2n) is 7.96. The first-order valence-corrected chi connectivity index (χ1v) is 11.6. The van der Waals surface area contributed by atoms with E-state index < -0.39 is 0 Å². The second kappa shape index (κ2) is 9.30. The normalized spacial score (nSPS) is 21.3. The van der Waals surface area contributed by atoms with Crippen LogP contribution in [-0.2, 0) is 16.1 Å². The Morgan fingerprint density at radius 2 is 1.97 bits per heavy atom. The summed E-state index contributed by atoms with van der Waals surface area (Å²) < 4.78 is 7.49. The lowest BCUT2D eigenvalue weighted by Gasteiger charge is -2.24. The highest BCUT2D eigenvalue weighted by Gasteiger charge is 2.26. The average Bonchev–Trinajstić information content (AvgIpc) is 3.09. The molecule has 3 heterocycles. The summed E-state index contributed by atoms with van der Waals surface area (Å²) in [6.07, 6.45) is 6.53. The summed E-state index contributed by atoms with van der Waals surface area (Å²) >= 11 is 1.40. The Balaban J connectivity index is 1.62. The lowest BCUT2D eigenvalue weighted by molar-refractivity contribution is -0.130. The maximum Gasteiger partial charge on any atom is 0.262 e. The summed E-state index contributed by atoms with van der Waals surface area (Å²) in [6, 6.07) is 7.43. The van der Waals surface area contributed by atoms with Crippen molar-refractivity contribution in [2.24, 2.45) is 0 Å². The third-order valence-corrected chi connectivity index (χ3v) is 6.86. The fraction of sp³-hybridized carbons (Fsp3) is 0.591. The first-order valence-electron chi connectivity index (χ1n) is 10.7. The van der Waals surface area contributed by atoms with Crippen LogP contribution in [0.5, 0.6) is 0 Å². The number of hydrogen-bond donors (Lipinski definition) is 0. The summed E-state index contributed by atoms with van der Waals surface area (Å²) in [5.74, 6) is 0.142. The van der Waals surface area contributed by atoms with Gasteiger partial charge in [0.1, 0.15) is 0 Å². The van der Waals surface area contributed by atoms with Gasteiger partial charge in [0, 0.05) is 19.7 Å². The van der Waals surface area contributed by atoms with Crippen molar-refractivity contribution in [3.8, 4) is 0 Å². The summed E-state index contributed by atoms with van der Waals surface area (Å²) in [5.41, 5.74) is 0.626. The van der Waals surface area contributed by atoms with Crippen molar-refractivity contribution in [1.29, 1.82) is 0 Å². The van der Waals surface area contributed by atoms with E-state index in [1.807, 2.05) is 36.1 Å². The van der Waals surface area contributed by atoms with E-state index in [0.29, 0.717) is 22.6 Å². The molecule has 29 heavy (non-hydrogen) atoms. The van der Waals surface area contributed by atoms with Crippen molar-refractivity contribution in [3.05, 3.63) is 34.6 Å². The van der Waals surface area contributed by atoms with E-state index in [2.05, 4.69) is 0 Å². The molecule has 2 aliphatic heterocycles. The molecule has 1 amide bonds. The molecule has 4 rings (SSSR count). The van der Waals surface area contributed by atoms with Gasteiger partial charge >= 0.3 is 0 Å². The number of nitrogens with zero attached hydrogens (tertiary/aromatic N) is 3. The van der Waals surface area contributed by atoms with E-state index in [1.165, 1.54) is 24.6 Å². The molecular formula is C22H29N3O3S. The van der Waals surface area contributed by atoms with Crippen molar-refractivity contribution in [3.63, 3.8) is 0 Å². The fourth-order valence-electron chi connectivity index (χ4n) is 4.15. The monoisotopic (exact) mass is 415 g/mol. The summed E-state index contributed by atoms with van der Waals surface area (Å²) in [4.78, 5) is 33.0. The molecule has 0 spiro atoms. The van der Waals surface area contributed by atoms with Crippen LogP contribution in [0.3, 0.4) is 0 Å². The van der Waals surface area contributed by atoms with Gasteiger partial charge in [0.05, 0.1) is 28.8 Å². The first-order chi connectivity index (χ1) is 14.1. The number of ether oxygens (including phenoxy) is 1. The van der Waals surface area contributed by atoms with Crippen LogP contribution in [-0.4, -0.2) is 51.4 Å². The van der Waals surface area contributed by atoms with Gasteiger partial charge in [-0.2, -0.15) is 0 Å². The maximum absolute atomic E-state index is 13.2. The van der Waals surface area contributed by atoms with Crippen molar-refractivity contribution >= 4 is 28.6 Å². The Hall–Kier alpha value is -1.86. The van der Waals surface area contributed by atoms with Crippen LogP contribution in [0.4, 0.5) is 0 Å². The molecule has 2 fully saturated rings. The average molecular weight is 416 g/mol. The van der Waals surface area contributed by atoms with Gasteiger partial charge in [-0.3, -0.25) is 14.2 Å². The molecule has 2 atom stereocenters. The van der Waals surface area contributed by atoms with Gasteiger partial charge in [-0.05, 0) is 44.7 Å². The van der Waals surface area contributed by atoms with Crippen molar-refractivity contribution in [1.82, 2.24) is 14.5 Å². The lowest BCUT2D eigenvalue weighted by Crippen LogP contribution is -2.37. The van der Waals surface area contributed by atoms with Crippen LogP contribution in [0.2, 0.25) is 0 Å². The minimum absolute atomic E-state index is 0.0339. The SMILES string of the molecule is C[C@@H](Sc1nc2ccccc2c(=O)n1C[C@@H]1CCCO1)C(=O)N1CCCCCC1. The van der Waals surface area contributed by atoms with E-state index in [0.717, 1.165) is 45.4 Å². The molecule has 6 nitrogen and oxygen atoms in total. The largest absolute Gasteiger partial charge is 0.376 e. The van der Waals surface area contributed by atoms with E-state index in [9.17, 15) is 9.59 Å². The van der Waals surface area contributed by atoms with Crippen LogP contribution in [0.25, 0.3) is 10.9 Å². The number of carbonyl (C=O) groups excluding carboxylic acids is 1. The summed E-state index contributed by atoms with van der Waals surface area (Å²) in [6.45, 7) is 4.82. The molecule has 0 radical (unpaired) electrons. The molecule has 2 aliphatic rings. The third kappa shape index (κ3) is 4.67. The number of aromatic nitrogens is 2. The van der Waals surface area contributed by atoms with E-state index in [-0.39, 0.29) is 22.8 Å². The highest BCUT2D eigenvalue weighted by Crippen LogP contribution is 2.26. The number of thioether (sulfide) groups is 1. The number of carbonyl (C=O) groups is 1. The van der Waals surface area contributed by atoms with E-state index in [4.69, 9.17) is 9.72 Å². The zero-order valence-electron chi connectivity index (χ0n) is 17.0. The molecule has 2 aromatic rings. The van der Waals surface area contributed by atoms with Gasteiger partial charge in [0.25, 0.3) is 5.56 Å². The van der Waals surface area contributed by atoms with Crippen molar-refractivity contribution in [2.45, 2.75) is 68.5 Å². The highest BCUT2D eigenvalue weighted by molar-refractivity contribution is 8.00. The quantitative estimate of drug-likeness (QED) is 0.553. The molecule has 1 aromatic carbocycles. The number of para-hydroxylation sites is 1. The summed E-state index contributed by atoms with van der Waals surface area (Å²) in [5, 5.41) is 0.943. The number of benzene rings is 1. The number of rotatable bonds is 5. The van der Waals surface area contributed by atoms with Crippen LogP contribution in [0.1, 0.15) is 45.4 Å². The van der Waals surface area contributed by atoms with Crippen LogP contribution >= 0.6 is 11.8 Å². The molecular weight excluding hydrogens is 386 g/mol. The number of amides is 1. The Morgan fingerprint density at radius 1 is 1.21 bits per heavy atom. The standard InChI is InChI=1S/C22H29N3O3S/c1-16(20(26)24-12-6-2-3-7-13-24)29-22-23-19-11-5-4-10-18(19)21(27)25(22)15-17-9-8-14-28-17/h4-5,10-11,16-17H,2-3,6-9,12-15H2,1H3/t16-,17+/m1/s1. The highest BCUT2D eigenvalue weighted by atomic mass is 32.2. The Kier molecular flexibility index (Phi) is 6.55. The molecule has 0 aliphatic carbocycles. The molecule has 2 saturated heterocycles. The first kappa shape index (κ1) is 20.4. The van der Waals surface area contributed by atoms with Gasteiger partial charge in [-0.1, -0.05) is 36.7 Å². The van der Waals surface area contributed by atoms with Crippen LogP contribution < -0.4 is 5.56 Å². The molecule has 156 valence electrons. The van der Waals surface area contributed by atoms with Crippen molar-refractivity contribution in [2.75, 3.05) is 19.7 Å². The minimum Gasteiger partial charge on any atom is -0.376 e. The Labute approximate surface area is 175 Å². The predicted octanol–water partition coefficient (Wildman–Crippen LogP) is 3.46. The third-order valence-electron chi connectivity index (χ3n) is 5.78. The Bertz CT molecular complexity index is 915. The molecule has 1 aromatic heterocycles. The van der Waals surface area contributed by atoms with Crippen LogP contribution in [0, 0.1) is 0 Å². The van der Waals surface area contributed by atoms with Gasteiger partial charge < -0.3 is 9.64 Å². The van der Waals surface area contributed by atoms with Gasteiger partial charge in [-0.25, -0.2) is 4.98 Å². The molecule has 0 N–H and O–H groups in total. The number of hydrogen-bond acceptors (Lipinski definition) is 5. The zero-order valence-corrected chi connectivity index (χ0v) is 17.8. The van der Waals surface area contributed by atoms with E-state index in [1.54, 1.807) is 4.57 Å². The molecule has 0 saturated carbocycles. The van der Waals surface area contributed by atoms with Crippen LogP contribution in [0.15, 0.2) is 34.2 Å². The minimum atomic E-state index is -0.281.